The van der Waals surface area contributed by atoms with Gasteiger partial charge in [0.25, 0.3) is 0 Å². The van der Waals surface area contributed by atoms with E-state index in [1.807, 2.05) is 36.4 Å². The van der Waals surface area contributed by atoms with E-state index in [9.17, 15) is 9.90 Å². The van der Waals surface area contributed by atoms with Gasteiger partial charge in [0.1, 0.15) is 0 Å². The van der Waals surface area contributed by atoms with E-state index in [1.165, 1.54) is 11.3 Å². The molecular weight excluding hydrogens is 365 g/mol. The maximum atomic E-state index is 12.5. The minimum absolute atomic E-state index is 0.0419. The van der Waals surface area contributed by atoms with Crippen molar-refractivity contribution >= 4 is 40.4 Å². The molecule has 1 heterocycles. The molecule has 3 nitrogen and oxygen atoms in total. The molecule has 0 radical (unpaired) electrons. The van der Waals surface area contributed by atoms with Crippen LogP contribution in [0, 0.1) is 0 Å². The molecule has 0 bridgehead atoms. The Morgan fingerprint density at radius 3 is 2.58 bits per heavy atom. The zero-order chi connectivity index (χ0) is 17.5. The Morgan fingerprint density at radius 2 is 2.00 bits per heavy atom. The second-order valence-electron chi connectivity index (χ2n) is 5.65. The van der Waals surface area contributed by atoms with E-state index >= 15 is 0 Å². The molecule has 1 aromatic heterocycles. The molecule has 24 heavy (non-hydrogen) atoms. The van der Waals surface area contributed by atoms with Gasteiger partial charge in [-0.1, -0.05) is 53.5 Å². The van der Waals surface area contributed by atoms with Crippen molar-refractivity contribution in [3.8, 4) is 0 Å². The molecule has 0 aliphatic heterocycles. The number of hydrogen-bond acceptors (Lipinski definition) is 3. The van der Waals surface area contributed by atoms with Gasteiger partial charge in [0.2, 0.25) is 5.91 Å². The number of halogens is 2. The smallest absolute Gasteiger partial charge is 0.222 e. The summed E-state index contributed by atoms with van der Waals surface area (Å²) in [6.07, 6.45) is 2.42. The Kier molecular flexibility index (Phi) is 7.56. The predicted molar refractivity (Wildman–Crippen MR) is 101 cm³/mol. The largest absolute Gasteiger partial charge is 0.396 e. The summed E-state index contributed by atoms with van der Waals surface area (Å²) in [5.41, 5.74) is 2.03. The molecule has 1 atom stereocenters. The van der Waals surface area contributed by atoms with Crippen LogP contribution in [0.1, 0.15) is 36.4 Å². The molecule has 0 saturated heterocycles. The van der Waals surface area contributed by atoms with Gasteiger partial charge in [-0.05, 0) is 36.5 Å². The molecule has 6 heteroatoms. The lowest BCUT2D eigenvalue weighted by atomic mass is 10.0. The average molecular weight is 386 g/mol. The molecule has 1 unspecified atom stereocenters. The van der Waals surface area contributed by atoms with Crippen LogP contribution in [0.25, 0.3) is 0 Å². The van der Waals surface area contributed by atoms with Crippen LogP contribution in [0.3, 0.4) is 0 Å². The first-order valence-corrected chi connectivity index (χ1v) is 9.45. The Morgan fingerprint density at radius 1 is 1.29 bits per heavy atom. The molecule has 1 N–H and O–H groups in total. The summed E-state index contributed by atoms with van der Waals surface area (Å²) in [5.74, 6) is 0.0646. The molecule has 0 spiro atoms. The first kappa shape index (κ1) is 19.3. The number of hydrogen-bond donors (Lipinski definition) is 1. The Bertz CT molecular complexity index is 660. The number of aryl methyl sites for hydroxylation is 1. The molecule has 1 aromatic carbocycles. The van der Waals surface area contributed by atoms with E-state index in [2.05, 4.69) is 0 Å². The van der Waals surface area contributed by atoms with E-state index in [0.717, 1.165) is 24.0 Å². The fourth-order valence-corrected chi connectivity index (χ4v) is 4.25. The van der Waals surface area contributed by atoms with E-state index in [1.54, 1.807) is 11.9 Å². The normalized spacial score (nSPS) is 12.2. The minimum Gasteiger partial charge on any atom is -0.396 e. The summed E-state index contributed by atoms with van der Waals surface area (Å²) < 4.78 is 1.37. The fraction of sp³-hybridized carbons (Fsp3) is 0.389. The molecule has 2 rings (SSSR count). The third-order valence-corrected chi connectivity index (χ3v) is 5.58. The standard InChI is InChI=1S/C18H21Cl2NO2S/c1-21(15(10-11-22)13-6-3-2-4-7-13)17(23)9-5-8-14-12-16(19)24-18(14)20/h2-4,6-7,12,15,22H,5,8-11H2,1H3. The Balaban J connectivity index is 1.93. The third-order valence-electron chi connectivity index (χ3n) is 4.01. The highest BCUT2D eigenvalue weighted by atomic mass is 35.5. The highest BCUT2D eigenvalue weighted by Crippen LogP contribution is 2.32. The van der Waals surface area contributed by atoms with Crippen LogP contribution in [-0.2, 0) is 11.2 Å². The quantitative estimate of drug-likeness (QED) is 0.697. The summed E-state index contributed by atoms with van der Waals surface area (Å²) in [6.45, 7) is 0.0419. The number of carbonyl (C=O) groups excluding carboxylic acids is 1. The van der Waals surface area contributed by atoms with Gasteiger partial charge >= 0.3 is 0 Å². The SMILES string of the molecule is CN(C(=O)CCCc1cc(Cl)sc1Cl)C(CCO)c1ccccc1. The molecule has 0 aliphatic rings. The van der Waals surface area contributed by atoms with Crippen LogP contribution >= 0.6 is 34.5 Å². The van der Waals surface area contributed by atoms with Crippen LogP contribution < -0.4 is 0 Å². The molecule has 1 amide bonds. The molecule has 0 saturated carbocycles. The summed E-state index contributed by atoms with van der Waals surface area (Å²) in [4.78, 5) is 14.2. The number of rotatable bonds is 8. The number of amides is 1. The Labute approximate surface area is 156 Å². The number of thiophene rings is 1. The highest BCUT2D eigenvalue weighted by molar-refractivity contribution is 7.20. The van der Waals surface area contributed by atoms with Gasteiger partial charge in [0.05, 0.1) is 14.7 Å². The molecule has 0 fully saturated rings. The molecular formula is C18H21Cl2NO2S. The maximum Gasteiger partial charge on any atom is 0.222 e. The van der Waals surface area contributed by atoms with Crippen molar-refractivity contribution in [2.45, 2.75) is 31.7 Å². The minimum atomic E-state index is -0.108. The van der Waals surface area contributed by atoms with Gasteiger partial charge in [0, 0.05) is 20.1 Å². The van der Waals surface area contributed by atoms with E-state index in [4.69, 9.17) is 23.2 Å². The van der Waals surface area contributed by atoms with Crippen molar-refractivity contribution in [2.24, 2.45) is 0 Å². The lowest BCUT2D eigenvalue weighted by molar-refractivity contribution is -0.132. The lowest BCUT2D eigenvalue weighted by Gasteiger charge is -2.28. The third kappa shape index (κ3) is 5.21. The van der Waals surface area contributed by atoms with Crippen molar-refractivity contribution in [2.75, 3.05) is 13.7 Å². The van der Waals surface area contributed by atoms with Crippen LogP contribution in [0.5, 0.6) is 0 Å². The van der Waals surface area contributed by atoms with Crippen molar-refractivity contribution in [3.63, 3.8) is 0 Å². The first-order chi connectivity index (χ1) is 11.5. The van der Waals surface area contributed by atoms with Crippen molar-refractivity contribution < 1.29 is 9.90 Å². The van der Waals surface area contributed by atoms with Gasteiger partial charge in [-0.2, -0.15) is 0 Å². The number of carbonyl (C=O) groups is 1. The molecule has 0 aliphatic carbocycles. The zero-order valence-electron chi connectivity index (χ0n) is 13.5. The van der Waals surface area contributed by atoms with Crippen LogP contribution in [0.15, 0.2) is 36.4 Å². The predicted octanol–water partition coefficient (Wildman–Crippen LogP) is 4.96. The van der Waals surface area contributed by atoms with E-state index < -0.39 is 0 Å². The van der Waals surface area contributed by atoms with Crippen molar-refractivity contribution in [3.05, 3.63) is 56.2 Å². The van der Waals surface area contributed by atoms with Crippen LogP contribution in [-0.4, -0.2) is 29.6 Å². The molecule has 130 valence electrons. The molecule has 2 aromatic rings. The van der Waals surface area contributed by atoms with Gasteiger partial charge < -0.3 is 10.0 Å². The number of nitrogens with zero attached hydrogens (tertiary/aromatic N) is 1. The number of aliphatic hydroxyl groups excluding tert-OH is 1. The van der Waals surface area contributed by atoms with Gasteiger partial charge in [0.15, 0.2) is 0 Å². The second kappa shape index (κ2) is 9.42. The average Bonchev–Trinajstić information content (AvgIpc) is 2.90. The van der Waals surface area contributed by atoms with Gasteiger partial charge in [-0.25, -0.2) is 0 Å². The lowest BCUT2D eigenvalue weighted by Crippen LogP contribution is -2.31. The topological polar surface area (TPSA) is 40.5 Å². The van der Waals surface area contributed by atoms with Gasteiger partial charge in [-0.15, -0.1) is 11.3 Å². The summed E-state index contributed by atoms with van der Waals surface area (Å²) >= 11 is 13.4. The maximum absolute atomic E-state index is 12.5. The van der Waals surface area contributed by atoms with Crippen molar-refractivity contribution in [1.29, 1.82) is 0 Å². The van der Waals surface area contributed by atoms with Crippen molar-refractivity contribution in [1.82, 2.24) is 4.90 Å². The number of aliphatic hydroxyl groups is 1. The first-order valence-electron chi connectivity index (χ1n) is 7.88. The summed E-state index contributed by atoms with van der Waals surface area (Å²) in [5, 5.41) is 9.32. The van der Waals surface area contributed by atoms with E-state index in [-0.39, 0.29) is 18.6 Å². The highest BCUT2D eigenvalue weighted by Gasteiger charge is 2.21. The zero-order valence-corrected chi connectivity index (χ0v) is 15.9. The van der Waals surface area contributed by atoms with E-state index in [0.29, 0.717) is 21.5 Å². The van der Waals surface area contributed by atoms with Crippen LogP contribution in [0.2, 0.25) is 8.67 Å². The monoisotopic (exact) mass is 385 g/mol. The summed E-state index contributed by atoms with van der Waals surface area (Å²) in [6, 6.07) is 11.6. The van der Waals surface area contributed by atoms with Crippen LogP contribution in [0.4, 0.5) is 0 Å². The fourth-order valence-electron chi connectivity index (χ4n) is 2.71. The Hall–Kier alpha value is -1.07. The van der Waals surface area contributed by atoms with Gasteiger partial charge in [-0.3, -0.25) is 4.79 Å². The second-order valence-corrected chi connectivity index (χ2v) is 7.93. The summed E-state index contributed by atoms with van der Waals surface area (Å²) in [7, 11) is 1.80. The number of benzene rings is 1.